The molecule has 1 amide bonds. The van der Waals surface area contributed by atoms with Gasteiger partial charge >= 0.3 is 0 Å². The first-order valence-corrected chi connectivity index (χ1v) is 9.47. The summed E-state index contributed by atoms with van der Waals surface area (Å²) in [6, 6.07) is 13.4. The molecule has 0 aliphatic carbocycles. The summed E-state index contributed by atoms with van der Waals surface area (Å²) in [7, 11) is 0. The van der Waals surface area contributed by atoms with E-state index >= 15 is 0 Å². The van der Waals surface area contributed by atoms with Crippen LogP contribution in [0.3, 0.4) is 0 Å². The molecule has 2 N–H and O–H groups in total. The number of amides is 1. The highest BCUT2D eigenvalue weighted by Crippen LogP contribution is 2.22. The molecule has 6 heteroatoms. The van der Waals surface area contributed by atoms with Crippen molar-refractivity contribution in [2.75, 3.05) is 13.2 Å². The molecule has 3 heterocycles. The van der Waals surface area contributed by atoms with Gasteiger partial charge in [-0.25, -0.2) is 4.98 Å². The second kappa shape index (κ2) is 8.04. The first kappa shape index (κ1) is 18.5. The van der Waals surface area contributed by atoms with Crippen LogP contribution in [-0.4, -0.2) is 46.3 Å². The Balaban J connectivity index is 1.66. The van der Waals surface area contributed by atoms with Crippen molar-refractivity contribution in [3.63, 3.8) is 0 Å². The summed E-state index contributed by atoms with van der Waals surface area (Å²) in [4.78, 5) is 21.6. The number of nitrogens with one attached hydrogen (secondary N) is 1. The van der Waals surface area contributed by atoms with E-state index in [9.17, 15) is 9.90 Å². The molecule has 6 nitrogen and oxygen atoms in total. The van der Waals surface area contributed by atoms with Crippen LogP contribution in [0.4, 0.5) is 0 Å². The maximum absolute atomic E-state index is 12.8. The predicted molar refractivity (Wildman–Crippen MR) is 106 cm³/mol. The van der Waals surface area contributed by atoms with Gasteiger partial charge in [-0.3, -0.25) is 9.78 Å². The molecule has 1 saturated heterocycles. The molecule has 2 atom stereocenters. The number of rotatable bonds is 4. The number of pyridine rings is 2. The van der Waals surface area contributed by atoms with Crippen LogP contribution >= 0.6 is 0 Å². The number of aliphatic hydroxyl groups excluding tert-OH is 1. The van der Waals surface area contributed by atoms with E-state index in [1.807, 2.05) is 49.4 Å². The molecule has 1 aromatic carbocycles. The third kappa shape index (κ3) is 4.03. The Morgan fingerprint density at radius 3 is 2.96 bits per heavy atom. The first-order chi connectivity index (χ1) is 13.6. The number of carbonyl (C=O) groups is 1. The molecule has 3 aromatic rings. The normalized spacial score (nSPS) is 19.5. The molecule has 0 spiro atoms. The average molecular weight is 377 g/mol. The zero-order valence-corrected chi connectivity index (χ0v) is 15.8. The van der Waals surface area contributed by atoms with E-state index in [1.54, 1.807) is 6.20 Å². The third-order valence-electron chi connectivity index (χ3n) is 5.03. The molecule has 28 heavy (non-hydrogen) atoms. The van der Waals surface area contributed by atoms with E-state index in [0.29, 0.717) is 25.1 Å². The number of aromatic nitrogens is 2. The maximum atomic E-state index is 12.8. The average Bonchev–Trinajstić information content (AvgIpc) is 2.69. The van der Waals surface area contributed by atoms with Crippen molar-refractivity contribution in [1.29, 1.82) is 0 Å². The summed E-state index contributed by atoms with van der Waals surface area (Å²) in [5.74, 6) is -0.274. The summed E-state index contributed by atoms with van der Waals surface area (Å²) in [5.41, 5.74) is 4.27. The number of carbonyl (C=O) groups excluding carboxylic acids is 1. The van der Waals surface area contributed by atoms with Crippen molar-refractivity contribution >= 4 is 16.8 Å². The van der Waals surface area contributed by atoms with Gasteiger partial charge < -0.3 is 15.2 Å². The van der Waals surface area contributed by atoms with Crippen LogP contribution < -0.4 is 5.32 Å². The molecule has 0 saturated carbocycles. The van der Waals surface area contributed by atoms with E-state index in [1.165, 1.54) is 0 Å². The monoisotopic (exact) mass is 377 g/mol. The third-order valence-corrected chi connectivity index (χ3v) is 5.03. The maximum Gasteiger partial charge on any atom is 0.270 e. The summed E-state index contributed by atoms with van der Waals surface area (Å²) >= 11 is 0. The molecule has 0 bridgehead atoms. The fraction of sp³-hybridized carbons (Fsp3) is 0.318. The molecular formula is C22H23N3O3. The highest BCUT2D eigenvalue weighted by atomic mass is 16.5. The van der Waals surface area contributed by atoms with Crippen molar-refractivity contribution in [3.05, 3.63) is 71.2 Å². The number of para-hydroxylation sites is 1. The Bertz CT molecular complexity index is 1010. The number of fused-ring (bicyclic) bond motifs is 1. The van der Waals surface area contributed by atoms with Gasteiger partial charge in [0.2, 0.25) is 0 Å². The van der Waals surface area contributed by atoms with E-state index in [0.717, 1.165) is 27.7 Å². The number of benzene rings is 1. The Hall–Kier alpha value is -2.83. The Morgan fingerprint density at radius 1 is 1.29 bits per heavy atom. The molecule has 1 fully saturated rings. The quantitative estimate of drug-likeness (QED) is 0.729. The summed E-state index contributed by atoms with van der Waals surface area (Å²) in [5, 5.41) is 14.0. The molecule has 2 aromatic heterocycles. The largest absolute Gasteiger partial charge is 0.389 e. The van der Waals surface area contributed by atoms with Crippen LogP contribution in [0.25, 0.3) is 10.9 Å². The van der Waals surface area contributed by atoms with Gasteiger partial charge in [-0.1, -0.05) is 18.2 Å². The Morgan fingerprint density at radius 2 is 2.14 bits per heavy atom. The molecule has 4 rings (SSSR count). The topological polar surface area (TPSA) is 84.3 Å². The Labute approximate surface area is 163 Å². The fourth-order valence-electron chi connectivity index (χ4n) is 3.58. The highest BCUT2D eigenvalue weighted by molar-refractivity contribution is 5.96. The van der Waals surface area contributed by atoms with Crippen LogP contribution in [0.2, 0.25) is 0 Å². The first-order valence-electron chi connectivity index (χ1n) is 9.47. The number of nitrogens with zero attached hydrogens (tertiary/aromatic N) is 2. The van der Waals surface area contributed by atoms with E-state index in [4.69, 9.17) is 4.74 Å². The van der Waals surface area contributed by atoms with Crippen LogP contribution in [-0.2, 0) is 11.2 Å². The predicted octanol–water partition coefficient (Wildman–Crippen LogP) is 2.41. The molecular weight excluding hydrogens is 354 g/mol. The molecule has 0 radical (unpaired) electrons. The summed E-state index contributed by atoms with van der Waals surface area (Å²) in [6.45, 7) is 2.73. The zero-order chi connectivity index (χ0) is 19.5. The van der Waals surface area contributed by atoms with Crippen LogP contribution in [0.15, 0.2) is 48.7 Å². The minimum atomic E-state index is -0.697. The van der Waals surface area contributed by atoms with Gasteiger partial charge in [-0.15, -0.1) is 0 Å². The van der Waals surface area contributed by atoms with Crippen molar-refractivity contribution in [2.24, 2.45) is 0 Å². The van der Waals surface area contributed by atoms with Crippen molar-refractivity contribution in [3.8, 4) is 0 Å². The van der Waals surface area contributed by atoms with Gasteiger partial charge in [0.1, 0.15) is 5.69 Å². The molecule has 1 aliphatic rings. The van der Waals surface area contributed by atoms with Gasteiger partial charge in [-0.2, -0.15) is 0 Å². The lowest BCUT2D eigenvalue weighted by Crippen LogP contribution is -2.48. The van der Waals surface area contributed by atoms with Gasteiger partial charge in [0.05, 0.1) is 24.3 Å². The number of hydrogen-bond donors (Lipinski definition) is 2. The van der Waals surface area contributed by atoms with Gasteiger partial charge in [0, 0.05) is 23.9 Å². The van der Waals surface area contributed by atoms with E-state index in [-0.39, 0.29) is 18.6 Å². The second-order valence-electron chi connectivity index (χ2n) is 7.18. The number of ether oxygens (including phenoxy) is 1. The molecule has 1 aliphatic heterocycles. The summed E-state index contributed by atoms with van der Waals surface area (Å²) in [6.07, 6.45) is 2.38. The van der Waals surface area contributed by atoms with Gasteiger partial charge in [-0.05, 0) is 55.2 Å². The highest BCUT2D eigenvalue weighted by Gasteiger charge is 2.26. The minimum absolute atomic E-state index is 0.239. The van der Waals surface area contributed by atoms with Crippen molar-refractivity contribution in [1.82, 2.24) is 15.3 Å². The van der Waals surface area contributed by atoms with Crippen LogP contribution in [0.5, 0.6) is 0 Å². The minimum Gasteiger partial charge on any atom is -0.389 e. The molecule has 2 unspecified atom stereocenters. The number of aliphatic hydroxyl groups is 1. The molecule has 144 valence electrons. The number of hydrogen-bond acceptors (Lipinski definition) is 5. The SMILES string of the molecule is Cc1cc(Cc2cc(C(=O)NC3CCOCC3O)nc3ccccc23)ccn1. The van der Waals surface area contributed by atoms with Crippen LogP contribution in [0, 0.1) is 6.92 Å². The lowest BCUT2D eigenvalue weighted by Gasteiger charge is -2.28. The second-order valence-corrected chi connectivity index (χ2v) is 7.18. The summed E-state index contributed by atoms with van der Waals surface area (Å²) < 4.78 is 5.23. The van der Waals surface area contributed by atoms with Gasteiger partial charge in [0.25, 0.3) is 5.91 Å². The van der Waals surface area contributed by atoms with Crippen molar-refractivity contribution in [2.45, 2.75) is 31.9 Å². The lowest BCUT2D eigenvalue weighted by molar-refractivity contribution is -0.0261. The fourth-order valence-corrected chi connectivity index (χ4v) is 3.58. The lowest BCUT2D eigenvalue weighted by atomic mass is 10.00. The number of aryl methyl sites for hydroxylation is 1. The van der Waals surface area contributed by atoms with Gasteiger partial charge in [0.15, 0.2) is 0 Å². The zero-order valence-electron chi connectivity index (χ0n) is 15.8. The Kier molecular flexibility index (Phi) is 5.32. The van der Waals surface area contributed by atoms with Crippen LogP contribution in [0.1, 0.15) is 33.7 Å². The van der Waals surface area contributed by atoms with E-state index < -0.39 is 6.10 Å². The van der Waals surface area contributed by atoms with Crippen molar-refractivity contribution < 1.29 is 14.6 Å². The standard InChI is InChI=1S/C22H23N3O3/c1-14-10-15(6-8-23-14)11-16-12-20(24-18-5-3-2-4-17(16)18)22(27)25-19-7-9-28-13-21(19)26/h2-6,8,10,12,19,21,26H,7,9,11,13H2,1H3,(H,25,27). The smallest absolute Gasteiger partial charge is 0.270 e. The van der Waals surface area contributed by atoms with E-state index in [2.05, 4.69) is 15.3 Å².